The molecule has 0 bridgehead atoms. The number of methoxy groups -OCH3 is 1. The predicted octanol–water partition coefficient (Wildman–Crippen LogP) is 3.09. The topological polar surface area (TPSA) is 98.8 Å². The number of aliphatic imine (C=N–C) groups is 1. The second-order valence-electron chi connectivity index (χ2n) is 6.96. The number of hydrogen-bond acceptors (Lipinski definition) is 8. The van der Waals surface area contributed by atoms with Gasteiger partial charge in [-0.05, 0) is 37.6 Å². The summed E-state index contributed by atoms with van der Waals surface area (Å²) >= 11 is 3.07. The van der Waals surface area contributed by atoms with Gasteiger partial charge >= 0.3 is 0 Å². The van der Waals surface area contributed by atoms with Crippen molar-refractivity contribution >= 4 is 40.0 Å². The summed E-state index contributed by atoms with van der Waals surface area (Å²) in [4.78, 5) is 22.0. The number of carbonyl (C=O) groups is 1. The molecule has 1 aromatic carbocycles. The first-order chi connectivity index (χ1) is 13.5. The molecule has 3 heterocycles. The fourth-order valence-corrected chi connectivity index (χ4v) is 5.51. The first-order valence-corrected chi connectivity index (χ1v) is 10.9. The van der Waals surface area contributed by atoms with Gasteiger partial charge < -0.3 is 20.5 Å². The molecule has 0 spiro atoms. The van der Waals surface area contributed by atoms with Gasteiger partial charge in [0.25, 0.3) is 5.91 Å². The molecule has 2 aliphatic rings. The van der Waals surface area contributed by atoms with Gasteiger partial charge in [-0.1, -0.05) is 11.8 Å². The van der Waals surface area contributed by atoms with E-state index in [-0.39, 0.29) is 12.0 Å². The van der Waals surface area contributed by atoms with E-state index in [2.05, 4.69) is 17.2 Å². The number of thioether (sulfide) groups is 1. The smallest absolute Gasteiger partial charge is 0.256 e. The Morgan fingerprint density at radius 3 is 2.93 bits per heavy atom. The molecule has 0 unspecified atom stereocenters. The minimum atomic E-state index is -0.560. The second-order valence-corrected chi connectivity index (χ2v) is 8.86. The lowest BCUT2D eigenvalue weighted by Crippen LogP contribution is -2.49. The maximum Gasteiger partial charge on any atom is 0.256 e. The van der Waals surface area contributed by atoms with E-state index in [4.69, 9.17) is 20.2 Å². The van der Waals surface area contributed by atoms with Crippen LogP contribution in [0.4, 0.5) is 5.82 Å². The van der Waals surface area contributed by atoms with Gasteiger partial charge in [0, 0.05) is 22.6 Å². The van der Waals surface area contributed by atoms with Crippen molar-refractivity contribution in [1.29, 1.82) is 0 Å². The van der Waals surface area contributed by atoms with E-state index in [1.807, 2.05) is 5.38 Å². The highest BCUT2D eigenvalue weighted by molar-refractivity contribution is 8.13. The lowest BCUT2D eigenvalue weighted by atomic mass is 9.80. The number of nitrogens with two attached hydrogens (primary N) is 1. The number of ether oxygens (including phenoxy) is 2. The summed E-state index contributed by atoms with van der Waals surface area (Å²) in [5.74, 6) is 2.21. The van der Waals surface area contributed by atoms with Gasteiger partial charge in [0.05, 0.1) is 19.8 Å². The zero-order chi connectivity index (χ0) is 19.7. The summed E-state index contributed by atoms with van der Waals surface area (Å²) in [6.45, 7) is 2.54. The lowest BCUT2D eigenvalue weighted by Gasteiger charge is -2.44. The van der Waals surface area contributed by atoms with E-state index in [1.54, 1.807) is 43.1 Å². The van der Waals surface area contributed by atoms with Crippen molar-refractivity contribution in [3.8, 4) is 5.75 Å². The monoisotopic (exact) mass is 418 g/mol. The largest absolute Gasteiger partial charge is 0.497 e. The minimum absolute atomic E-state index is 0.197. The molecule has 28 heavy (non-hydrogen) atoms. The number of hydrogen-bond donors (Lipinski definition) is 2. The number of aromatic nitrogens is 1. The molecule has 1 saturated heterocycles. The molecule has 0 radical (unpaired) electrons. The molecular weight excluding hydrogens is 396 g/mol. The van der Waals surface area contributed by atoms with E-state index in [0.29, 0.717) is 34.8 Å². The average molecular weight is 419 g/mol. The van der Waals surface area contributed by atoms with Crippen LogP contribution in [0.15, 0.2) is 34.6 Å². The Hall–Kier alpha value is -2.10. The molecule has 2 aliphatic heterocycles. The van der Waals surface area contributed by atoms with Crippen LogP contribution in [-0.2, 0) is 10.3 Å². The number of anilines is 1. The van der Waals surface area contributed by atoms with E-state index in [0.717, 1.165) is 17.2 Å². The maximum absolute atomic E-state index is 12.5. The standard InChI is InChI=1S/C19H22N4O3S2/c1-11-7-13-8-28-18(20)23-19(13,10-26-11)17-22-15(9-27-17)21-16(24)12-3-5-14(25-2)6-4-12/h3-6,9,11,13H,7-8,10H2,1-2H3,(H2,20,23)(H,21,24)/t11-,13-,19-/m0/s1. The molecule has 148 valence electrons. The molecule has 3 atom stereocenters. The summed E-state index contributed by atoms with van der Waals surface area (Å²) in [5.41, 5.74) is 6.02. The third-order valence-corrected chi connectivity index (χ3v) is 7.06. The van der Waals surface area contributed by atoms with Gasteiger partial charge in [-0.15, -0.1) is 11.3 Å². The number of fused-ring (bicyclic) bond motifs is 1. The molecule has 0 aliphatic carbocycles. The van der Waals surface area contributed by atoms with E-state index < -0.39 is 5.54 Å². The molecule has 1 aromatic heterocycles. The molecule has 4 rings (SSSR count). The maximum atomic E-state index is 12.5. The van der Waals surface area contributed by atoms with Crippen LogP contribution in [-0.4, -0.2) is 41.6 Å². The Morgan fingerprint density at radius 2 is 2.18 bits per heavy atom. The van der Waals surface area contributed by atoms with Crippen LogP contribution in [0.2, 0.25) is 0 Å². The Morgan fingerprint density at radius 1 is 1.39 bits per heavy atom. The molecule has 1 fully saturated rings. The third kappa shape index (κ3) is 3.61. The van der Waals surface area contributed by atoms with E-state index in [1.165, 1.54) is 11.3 Å². The first kappa shape index (κ1) is 19.2. The van der Waals surface area contributed by atoms with E-state index in [9.17, 15) is 4.79 Å². The molecule has 2 aromatic rings. The molecular formula is C19H22N4O3S2. The normalized spacial score (nSPS) is 26.9. The highest BCUT2D eigenvalue weighted by atomic mass is 32.2. The summed E-state index contributed by atoms with van der Waals surface area (Å²) in [6.07, 6.45) is 1.11. The van der Waals surface area contributed by atoms with Crippen molar-refractivity contribution < 1.29 is 14.3 Å². The molecule has 3 N–H and O–H groups in total. The van der Waals surface area contributed by atoms with Crippen LogP contribution in [0.5, 0.6) is 5.75 Å². The number of rotatable bonds is 4. The van der Waals surface area contributed by atoms with Crippen LogP contribution in [0.3, 0.4) is 0 Å². The number of thiazole rings is 1. The SMILES string of the molecule is COc1ccc(C(=O)Nc2csc([C@]34CO[C@@H](C)C[C@H]3CSC(N)=N4)n2)cc1. The van der Waals surface area contributed by atoms with Crippen LogP contribution in [0.1, 0.15) is 28.7 Å². The summed E-state index contributed by atoms with van der Waals surface area (Å²) < 4.78 is 11.1. The lowest BCUT2D eigenvalue weighted by molar-refractivity contribution is -0.0466. The van der Waals surface area contributed by atoms with Crippen molar-refractivity contribution in [3.63, 3.8) is 0 Å². The fourth-order valence-electron chi connectivity index (χ4n) is 3.54. The number of carbonyl (C=O) groups excluding carboxylic acids is 1. The highest BCUT2D eigenvalue weighted by Crippen LogP contribution is 2.47. The predicted molar refractivity (Wildman–Crippen MR) is 112 cm³/mol. The number of nitrogens with zero attached hydrogens (tertiary/aromatic N) is 2. The Labute approximate surface area is 171 Å². The molecule has 0 saturated carbocycles. The molecule has 1 amide bonds. The Kier molecular flexibility index (Phi) is 5.31. The minimum Gasteiger partial charge on any atom is -0.497 e. The summed E-state index contributed by atoms with van der Waals surface area (Å²) in [5, 5.41) is 6.10. The van der Waals surface area contributed by atoms with Crippen molar-refractivity contribution in [2.24, 2.45) is 16.6 Å². The van der Waals surface area contributed by atoms with Crippen molar-refractivity contribution in [1.82, 2.24) is 4.98 Å². The van der Waals surface area contributed by atoms with Crippen LogP contribution >= 0.6 is 23.1 Å². The van der Waals surface area contributed by atoms with Gasteiger partial charge in [-0.25, -0.2) is 9.98 Å². The quantitative estimate of drug-likeness (QED) is 0.792. The number of benzene rings is 1. The molecule has 7 nitrogen and oxygen atoms in total. The van der Waals surface area contributed by atoms with Crippen molar-refractivity contribution in [2.75, 3.05) is 24.8 Å². The zero-order valence-corrected chi connectivity index (χ0v) is 17.3. The van der Waals surface area contributed by atoms with Crippen LogP contribution in [0.25, 0.3) is 0 Å². The van der Waals surface area contributed by atoms with E-state index >= 15 is 0 Å². The first-order valence-electron chi connectivity index (χ1n) is 9.01. The van der Waals surface area contributed by atoms with Crippen molar-refractivity contribution in [3.05, 3.63) is 40.2 Å². The third-order valence-electron chi connectivity index (χ3n) is 5.09. The number of nitrogens with one attached hydrogen (secondary N) is 1. The second kappa shape index (κ2) is 7.73. The van der Waals surface area contributed by atoms with Crippen LogP contribution in [0, 0.1) is 5.92 Å². The van der Waals surface area contributed by atoms with Gasteiger partial charge in [0.15, 0.2) is 5.17 Å². The highest BCUT2D eigenvalue weighted by Gasteiger charge is 2.49. The van der Waals surface area contributed by atoms with Crippen LogP contribution < -0.4 is 15.8 Å². The Bertz CT molecular complexity index is 899. The average Bonchev–Trinajstić information content (AvgIpc) is 3.17. The Balaban J connectivity index is 1.56. The van der Waals surface area contributed by atoms with Gasteiger partial charge in [0.2, 0.25) is 0 Å². The number of amides is 1. The molecule has 9 heteroatoms. The summed E-state index contributed by atoms with van der Waals surface area (Å²) in [7, 11) is 1.59. The fraction of sp³-hybridized carbons (Fsp3) is 0.421. The van der Waals surface area contributed by atoms with Gasteiger partial charge in [-0.2, -0.15) is 0 Å². The summed E-state index contributed by atoms with van der Waals surface area (Å²) in [6, 6.07) is 6.94. The zero-order valence-electron chi connectivity index (χ0n) is 15.7. The van der Waals surface area contributed by atoms with Crippen molar-refractivity contribution in [2.45, 2.75) is 25.0 Å². The number of amidine groups is 1. The van der Waals surface area contributed by atoms with Gasteiger partial charge in [-0.3, -0.25) is 4.79 Å². The van der Waals surface area contributed by atoms with Gasteiger partial charge in [0.1, 0.15) is 22.1 Å².